The van der Waals surface area contributed by atoms with Gasteiger partial charge in [0.05, 0.1) is 11.6 Å². The maximum atomic E-state index is 5.83. The van der Waals surface area contributed by atoms with Crippen molar-refractivity contribution in [1.29, 1.82) is 0 Å². The molecule has 0 N–H and O–H groups in total. The van der Waals surface area contributed by atoms with Crippen molar-refractivity contribution in [3.63, 3.8) is 0 Å². The van der Waals surface area contributed by atoms with Crippen molar-refractivity contribution >= 4 is 39.1 Å². The van der Waals surface area contributed by atoms with Crippen LogP contribution in [0.15, 0.2) is 18.2 Å². The van der Waals surface area contributed by atoms with Crippen molar-refractivity contribution < 1.29 is 4.74 Å². The zero-order valence-corrected chi connectivity index (χ0v) is 9.29. The Kier molecular flexibility index (Phi) is 4.19. The third-order valence-electron chi connectivity index (χ3n) is 1.23. The predicted octanol–water partition coefficient (Wildman–Crippen LogP) is 3.77. The summed E-state index contributed by atoms with van der Waals surface area (Å²) >= 11 is 14.8. The van der Waals surface area contributed by atoms with Crippen molar-refractivity contribution in [1.82, 2.24) is 0 Å². The maximum absolute atomic E-state index is 5.83. The lowest BCUT2D eigenvalue weighted by atomic mass is 10.3. The molecule has 0 saturated carbocycles. The third-order valence-corrected chi connectivity index (χ3v) is 2.10. The van der Waals surface area contributed by atoms with E-state index in [1.165, 1.54) is 0 Å². The number of benzene rings is 1. The molecule has 0 amide bonds. The summed E-state index contributed by atoms with van der Waals surface area (Å²) in [5.74, 6) is 0.628. The molecule has 1 aromatic rings. The van der Waals surface area contributed by atoms with Gasteiger partial charge in [0.25, 0.3) is 0 Å². The van der Waals surface area contributed by atoms with Crippen molar-refractivity contribution in [3.05, 3.63) is 28.2 Å². The zero-order valence-electron chi connectivity index (χ0n) is 6.19. The Balaban J connectivity index is 2.75. The van der Waals surface area contributed by atoms with Gasteiger partial charge in [-0.1, -0.05) is 39.1 Å². The number of rotatable bonds is 3. The van der Waals surface area contributed by atoms with Gasteiger partial charge in [-0.3, -0.25) is 0 Å². The summed E-state index contributed by atoms with van der Waals surface area (Å²) in [7, 11) is 0. The van der Waals surface area contributed by atoms with E-state index in [0.29, 0.717) is 22.4 Å². The summed E-state index contributed by atoms with van der Waals surface area (Å²) < 4.78 is 5.30. The van der Waals surface area contributed by atoms with Crippen LogP contribution >= 0.6 is 39.1 Å². The normalized spacial score (nSPS) is 9.92. The second-order valence-corrected chi connectivity index (χ2v) is 3.75. The Morgan fingerprint density at radius 1 is 1.33 bits per heavy atom. The molecule has 4 heteroatoms. The van der Waals surface area contributed by atoms with Crippen LogP contribution in [0.3, 0.4) is 0 Å². The van der Waals surface area contributed by atoms with Gasteiger partial charge >= 0.3 is 0 Å². The van der Waals surface area contributed by atoms with Gasteiger partial charge in [-0.2, -0.15) is 0 Å². The lowest BCUT2D eigenvalue weighted by molar-refractivity contribution is 0.345. The van der Waals surface area contributed by atoms with Crippen LogP contribution in [0.2, 0.25) is 10.0 Å². The molecular weight excluding hydrogens is 263 g/mol. The fourth-order valence-corrected chi connectivity index (χ4v) is 1.23. The molecule has 0 aromatic heterocycles. The van der Waals surface area contributed by atoms with Crippen molar-refractivity contribution in [2.45, 2.75) is 0 Å². The highest BCUT2D eigenvalue weighted by Gasteiger charge is 2.00. The summed E-state index contributed by atoms with van der Waals surface area (Å²) in [6, 6.07) is 5.14. The number of hydrogen-bond acceptors (Lipinski definition) is 1. The quantitative estimate of drug-likeness (QED) is 0.759. The van der Waals surface area contributed by atoms with Crippen LogP contribution in [0.5, 0.6) is 5.75 Å². The van der Waals surface area contributed by atoms with Gasteiger partial charge in [-0.15, -0.1) is 0 Å². The van der Waals surface area contributed by atoms with Crippen molar-refractivity contribution in [2.24, 2.45) is 0 Å². The Morgan fingerprint density at radius 3 is 2.75 bits per heavy atom. The Labute approximate surface area is 89.7 Å². The first-order valence-electron chi connectivity index (χ1n) is 3.38. The summed E-state index contributed by atoms with van der Waals surface area (Å²) in [6.07, 6.45) is 0. The summed E-state index contributed by atoms with van der Waals surface area (Å²) in [6.45, 7) is 0.583. The number of ether oxygens (including phenoxy) is 1. The molecule has 0 bridgehead atoms. The van der Waals surface area contributed by atoms with Gasteiger partial charge in [-0.05, 0) is 12.1 Å². The molecule has 1 nitrogen and oxygen atoms in total. The fourth-order valence-electron chi connectivity index (χ4n) is 0.736. The number of hydrogen-bond donors (Lipinski definition) is 0. The second kappa shape index (κ2) is 4.95. The van der Waals surface area contributed by atoms with Crippen LogP contribution in [-0.4, -0.2) is 11.9 Å². The topological polar surface area (TPSA) is 9.23 Å². The van der Waals surface area contributed by atoms with Crippen LogP contribution < -0.4 is 4.74 Å². The minimum absolute atomic E-state index is 0.583. The molecule has 0 aliphatic heterocycles. The van der Waals surface area contributed by atoms with Crippen molar-refractivity contribution in [2.75, 3.05) is 11.9 Å². The molecule has 0 radical (unpaired) electrons. The molecule has 66 valence electrons. The molecule has 0 aliphatic rings. The molecule has 1 aromatic carbocycles. The lowest BCUT2D eigenvalue weighted by Crippen LogP contribution is -1.97. The minimum atomic E-state index is 0.583. The summed E-state index contributed by atoms with van der Waals surface area (Å²) in [5.41, 5.74) is 0. The lowest BCUT2D eigenvalue weighted by Gasteiger charge is -2.05. The Bertz CT molecular complexity index is 265. The first-order chi connectivity index (χ1) is 5.74. The van der Waals surface area contributed by atoms with Gasteiger partial charge < -0.3 is 4.74 Å². The first kappa shape index (κ1) is 10.2. The maximum Gasteiger partial charge on any atom is 0.139 e. The van der Waals surface area contributed by atoms with E-state index in [1.807, 2.05) is 0 Å². The van der Waals surface area contributed by atoms with E-state index < -0.39 is 0 Å². The largest absolute Gasteiger partial charge is 0.491 e. The van der Waals surface area contributed by atoms with E-state index in [4.69, 9.17) is 27.9 Å². The molecule has 12 heavy (non-hydrogen) atoms. The molecule has 0 spiro atoms. The van der Waals surface area contributed by atoms with Gasteiger partial charge in [0.1, 0.15) is 5.75 Å². The summed E-state index contributed by atoms with van der Waals surface area (Å²) in [5, 5.41) is 1.99. The molecule has 0 heterocycles. The van der Waals surface area contributed by atoms with E-state index >= 15 is 0 Å². The number of alkyl halides is 1. The fraction of sp³-hybridized carbons (Fsp3) is 0.250. The highest BCUT2D eigenvalue weighted by Crippen LogP contribution is 2.27. The molecule has 0 aliphatic carbocycles. The monoisotopic (exact) mass is 268 g/mol. The Hall–Kier alpha value is 0.0800. The van der Waals surface area contributed by atoms with E-state index in [9.17, 15) is 0 Å². The zero-order chi connectivity index (χ0) is 8.97. The molecule has 0 unspecified atom stereocenters. The molecule has 0 saturated heterocycles. The minimum Gasteiger partial charge on any atom is -0.491 e. The first-order valence-corrected chi connectivity index (χ1v) is 5.25. The van der Waals surface area contributed by atoms with Crippen LogP contribution in [0.4, 0.5) is 0 Å². The van der Waals surface area contributed by atoms with Crippen LogP contribution in [-0.2, 0) is 0 Å². The van der Waals surface area contributed by atoms with Crippen LogP contribution in [0.1, 0.15) is 0 Å². The Morgan fingerprint density at radius 2 is 2.08 bits per heavy atom. The van der Waals surface area contributed by atoms with E-state index in [0.717, 1.165) is 5.33 Å². The molecule has 0 atom stereocenters. The second-order valence-electron chi connectivity index (χ2n) is 2.11. The van der Waals surface area contributed by atoms with E-state index in [1.54, 1.807) is 18.2 Å². The molecular formula is C8H7BrCl2O. The SMILES string of the molecule is Clc1ccc(Cl)c(OCCBr)c1. The van der Waals surface area contributed by atoms with E-state index in [-0.39, 0.29) is 0 Å². The van der Waals surface area contributed by atoms with Gasteiger partial charge in [0.2, 0.25) is 0 Å². The predicted molar refractivity (Wildman–Crippen MR) is 55.8 cm³/mol. The standard InChI is InChI=1S/C8H7BrCl2O/c9-3-4-12-8-5-6(10)1-2-7(8)11/h1-2,5H,3-4H2. The third kappa shape index (κ3) is 2.85. The van der Waals surface area contributed by atoms with Gasteiger partial charge in [0.15, 0.2) is 0 Å². The smallest absolute Gasteiger partial charge is 0.139 e. The number of halogens is 3. The van der Waals surface area contributed by atoms with Gasteiger partial charge in [-0.25, -0.2) is 0 Å². The van der Waals surface area contributed by atoms with Crippen LogP contribution in [0.25, 0.3) is 0 Å². The average molecular weight is 270 g/mol. The average Bonchev–Trinajstić information content (AvgIpc) is 2.07. The molecule has 1 rings (SSSR count). The molecule has 0 fully saturated rings. The highest BCUT2D eigenvalue weighted by atomic mass is 79.9. The summed E-state index contributed by atoms with van der Waals surface area (Å²) in [4.78, 5) is 0. The highest BCUT2D eigenvalue weighted by molar-refractivity contribution is 9.09. The van der Waals surface area contributed by atoms with Crippen molar-refractivity contribution in [3.8, 4) is 5.75 Å². The van der Waals surface area contributed by atoms with Crippen LogP contribution in [0, 0.1) is 0 Å². The van der Waals surface area contributed by atoms with E-state index in [2.05, 4.69) is 15.9 Å². The van der Waals surface area contributed by atoms with Gasteiger partial charge in [0, 0.05) is 16.4 Å².